The van der Waals surface area contributed by atoms with Gasteiger partial charge in [-0.25, -0.2) is 0 Å². The zero-order chi connectivity index (χ0) is 18.1. The average Bonchev–Trinajstić information content (AvgIpc) is 2.84. The van der Waals surface area contributed by atoms with E-state index < -0.39 is 0 Å². The van der Waals surface area contributed by atoms with Gasteiger partial charge in [-0.05, 0) is 42.0 Å². The molecule has 1 heterocycles. The minimum absolute atomic E-state index is 0.135. The van der Waals surface area contributed by atoms with Crippen LogP contribution in [0.2, 0.25) is 10.0 Å². The lowest BCUT2D eigenvalue weighted by Gasteiger charge is -2.14. The minimum atomic E-state index is -0.250. The molecule has 0 radical (unpaired) electrons. The summed E-state index contributed by atoms with van der Waals surface area (Å²) in [5, 5.41) is 10.5. The molecule has 25 heavy (non-hydrogen) atoms. The number of carbonyl (C=O) groups excluding carboxylic acids is 1. The van der Waals surface area contributed by atoms with Gasteiger partial charge in [-0.1, -0.05) is 53.2 Å². The Morgan fingerprint density at radius 2 is 2.04 bits per heavy atom. The molecule has 8 heteroatoms. The number of aromatic hydroxyl groups is 1. The van der Waals surface area contributed by atoms with Crippen LogP contribution in [0.1, 0.15) is 5.56 Å². The van der Waals surface area contributed by atoms with Crippen molar-refractivity contribution in [2.24, 2.45) is 0 Å². The van der Waals surface area contributed by atoms with Crippen molar-refractivity contribution < 1.29 is 14.6 Å². The Morgan fingerprint density at radius 1 is 1.28 bits per heavy atom. The first-order valence-corrected chi connectivity index (χ1v) is 8.99. The molecule has 2 aromatic carbocycles. The molecule has 1 aliphatic rings. The van der Waals surface area contributed by atoms with E-state index in [1.165, 1.54) is 23.8 Å². The number of phenols is 1. The summed E-state index contributed by atoms with van der Waals surface area (Å²) < 4.78 is 5.49. The van der Waals surface area contributed by atoms with Gasteiger partial charge in [0, 0.05) is 5.02 Å². The summed E-state index contributed by atoms with van der Waals surface area (Å²) in [6, 6.07) is 10.1. The predicted octanol–water partition coefficient (Wildman–Crippen LogP) is 5.11. The molecule has 1 N–H and O–H groups in total. The topological polar surface area (TPSA) is 49.8 Å². The fraction of sp³-hybridized carbons (Fsp3) is 0.0588. The smallest absolute Gasteiger partial charge is 0.270 e. The molecule has 0 bridgehead atoms. The number of halogens is 2. The molecule has 2 aromatic rings. The molecule has 0 aliphatic carbocycles. The van der Waals surface area contributed by atoms with Gasteiger partial charge in [-0.15, -0.1) is 0 Å². The zero-order valence-electron chi connectivity index (χ0n) is 12.8. The minimum Gasteiger partial charge on any atom is -0.503 e. The van der Waals surface area contributed by atoms with Gasteiger partial charge in [-0.2, -0.15) is 0 Å². The largest absolute Gasteiger partial charge is 0.503 e. The number of ether oxygens (including phenoxy) is 1. The van der Waals surface area contributed by atoms with Gasteiger partial charge in [-0.3, -0.25) is 9.69 Å². The summed E-state index contributed by atoms with van der Waals surface area (Å²) >= 11 is 18.5. The highest BCUT2D eigenvalue weighted by Crippen LogP contribution is 2.39. The van der Waals surface area contributed by atoms with Gasteiger partial charge >= 0.3 is 0 Å². The lowest BCUT2D eigenvalue weighted by molar-refractivity contribution is -0.113. The summed E-state index contributed by atoms with van der Waals surface area (Å²) in [6.07, 6.45) is 1.65. The van der Waals surface area contributed by atoms with Crippen LogP contribution in [0.4, 0.5) is 5.69 Å². The molecule has 0 spiro atoms. The van der Waals surface area contributed by atoms with Gasteiger partial charge in [0.1, 0.15) is 0 Å². The second-order valence-electron chi connectivity index (χ2n) is 5.05. The van der Waals surface area contributed by atoms with Gasteiger partial charge in [0.2, 0.25) is 0 Å². The van der Waals surface area contributed by atoms with Crippen molar-refractivity contribution in [3.8, 4) is 11.5 Å². The van der Waals surface area contributed by atoms with Crippen molar-refractivity contribution >= 4 is 69.2 Å². The lowest BCUT2D eigenvalue weighted by atomic mass is 10.1. The van der Waals surface area contributed by atoms with Crippen LogP contribution in [0, 0.1) is 0 Å². The van der Waals surface area contributed by atoms with Gasteiger partial charge in [0.15, 0.2) is 15.8 Å². The maximum atomic E-state index is 12.7. The molecular formula is C17H11Cl2NO3S2. The molecular weight excluding hydrogens is 401 g/mol. The van der Waals surface area contributed by atoms with Gasteiger partial charge in [0.25, 0.3) is 5.91 Å². The molecule has 4 nitrogen and oxygen atoms in total. The maximum Gasteiger partial charge on any atom is 0.270 e. The molecule has 128 valence electrons. The van der Waals surface area contributed by atoms with Crippen LogP contribution in [-0.4, -0.2) is 22.4 Å². The number of methoxy groups -OCH3 is 1. The monoisotopic (exact) mass is 411 g/mol. The van der Waals surface area contributed by atoms with Crippen LogP contribution < -0.4 is 9.64 Å². The van der Waals surface area contributed by atoms with Crippen molar-refractivity contribution in [3.05, 3.63) is 56.9 Å². The number of carbonyl (C=O) groups is 1. The first-order valence-electron chi connectivity index (χ1n) is 7.00. The number of benzene rings is 2. The standard InChI is InChI=1S/C17H11Cl2NO3S2/c1-23-13-6-9(5-12(19)15(13)21)7-14-16(22)20(17(24)25-14)11-4-2-3-10(18)8-11/h2-8,21H,1H3/b14-7+. The third-order valence-electron chi connectivity index (χ3n) is 3.43. The summed E-state index contributed by atoms with van der Waals surface area (Å²) in [4.78, 5) is 14.6. The van der Waals surface area contributed by atoms with E-state index in [-0.39, 0.29) is 22.4 Å². The predicted molar refractivity (Wildman–Crippen MR) is 107 cm³/mol. The van der Waals surface area contributed by atoms with Crippen molar-refractivity contribution in [2.45, 2.75) is 0 Å². The second kappa shape index (κ2) is 7.25. The number of rotatable bonds is 3. The Kier molecular flexibility index (Phi) is 5.24. The number of thiocarbonyl (C=S) groups is 1. The van der Waals surface area contributed by atoms with Crippen LogP contribution in [0.15, 0.2) is 41.3 Å². The molecule has 0 unspecified atom stereocenters. The van der Waals surface area contributed by atoms with Crippen LogP contribution in [0.25, 0.3) is 6.08 Å². The molecule has 0 atom stereocenters. The number of hydrogen-bond donors (Lipinski definition) is 1. The van der Waals surface area contributed by atoms with E-state index in [2.05, 4.69) is 0 Å². The Balaban J connectivity index is 1.97. The Hall–Kier alpha value is -1.73. The van der Waals surface area contributed by atoms with E-state index in [0.717, 1.165) is 0 Å². The van der Waals surface area contributed by atoms with E-state index in [0.29, 0.717) is 25.5 Å². The number of nitrogens with zero attached hydrogens (tertiary/aromatic N) is 1. The number of thioether (sulfide) groups is 1. The fourth-order valence-electron chi connectivity index (χ4n) is 2.29. The highest BCUT2D eigenvalue weighted by atomic mass is 35.5. The number of hydrogen-bond acceptors (Lipinski definition) is 5. The van der Waals surface area contributed by atoms with Crippen molar-refractivity contribution in [2.75, 3.05) is 12.0 Å². The zero-order valence-corrected chi connectivity index (χ0v) is 16.0. The van der Waals surface area contributed by atoms with Crippen LogP contribution in [-0.2, 0) is 4.79 Å². The molecule has 1 fully saturated rings. The Morgan fingerprint density at radius 3 is 2.72 bits per heavy atom. The Bertz CT molecular complexity index is 915. The SMILES string of the molecule is COc1cc(/C=C2/SC(=S)N(c3cccc(Cl)c3)C2=O)cc(Cl)c1O. The number of amides is 1. The van der Waals surface area contributed by atoms with E-state index >= 15 is 0 Å². The third-order valence-corrected chi connectivity index (χ3v) is 5.25. The van der Waals surface area contributed by atoms with E-state index in [9.17, 15) is 9.90 Å². The number of anilines is 1. The third kappa shape index (κ3) is 3.62. The fourth-order valence-corrected chi connectivity index (χ4v) is 3.99. The van der Waals surface area contributed by atoms with Crippen molar-refractivity contribution in [1.82, 2.24) is 0 Å². The molecule has 0 saturated carbocycles. The first-order chi connectivity index (χ1) is 11.9. The maximum absolute atomic E-state index is 12.7. The van der Waals surface area contributed by atoms with Crippen molar-refractivity contribution in [1.29, 1.82) is 0 Å². The molecule has 1 saturated heterocycles. The van der Waals surface area contributed by atoms with Crippen LogP contribution >= 0.6 is 47.2 Å². The highest BCUT2D eigenvalue weighted by Gasteiger charge is 2.33. The van der Waals surface area contributed by atoms with Crippen LogP contribution in [0.3, 0.4) is 0 Å². The molecule has 3 rings (SSSR count). The summed E-state index contributed by atoms with van der Waals surface area (Å²) in [5.74, 6) is -0.169. The van der Waals surface area contributed by atoms with Gasteiger partial charge in [0.05, 0.1) is 22.7 Å². The summed E-state index contributed by atoms with van der Waals surface area (Å²) in [5.41, 5.74) is 1.23. The van der Waals surface area contributed by atoms with E-state index in [4.69, 9.17) is 40.2 Å². The molecule has 1 aliphatic heterocycles. The quantitative estimate of drug-likeness (QED) is 0.561. The second-order valence-corrected chi connectivity index (χ2v) is 7.57. The molecule has 0 aromatic heterocycles. The van der Waals surface area contributed by atoms with Crippen molar-refractivity contribution in [3.63, 3.8) is 0 Å². The summed E-state index contributed by atoms with van der Waals surface area (Å²) in [6.45, 7) is 0. The normalized spacial score (nSPS) is 16.0. The average molecular weight is 412 g/mol. The highest BCUT2D eigenvalue weighted by molar-refractivity contribution is 8.27. The van der Waals surface area contributed by atoms with E-state index in [1.807, 2.05) is 0 Å². The summed E-state index contributed by atoms with van der Waals surface area (Å²) in [7, 11) is 1.42. The van der Waals surface area contributed by atoms with Crippen LogP contribution in [0.5, 0.6) is 11.5 Å². The molecule has 1 amide bonds. The first kappa shape index (κ1) is 18.1. The van der Waals surface area contributed by atoms with E-state index in [1.54, 1.807) is 42.5 Å². The Labute approximate surface area is 164 Å². The number of phenolic OH excluding ortho intramolecular Hbond substituents is 1. The lowest BCUT2D eigenvalue weighted by Crippen LogP contribution is -2.27. The van der Waals surface area contributed by atoms with Gasteiger partial charge < -0.3 is 9.84 Å².